The Morgan fingerprint density at radius 2 is 2.00 bits per heavy atom. The van der Waals surface area contributed by atoms with E-state index in [1.165, 1.54) is 0 Å². The fraction of sp³-hybridized carbons (Fsp3) is 0.429. The number of aliphatic carboxylic acids is 1. The maximum absolute atomic E-state index is 11.9. The lowest BCUT2D eigenvalue weighted by atomic mass is 9.99. The van der Waals surface area contributed by atoms with Gasteiger partial charge in [0.2, 0.25) is 5.91 Å². The van der Waals surface area contributed by atoms with Crippen LogP contribution >= 0.6 is 0 Å². The van der Waals surface area contributed by atoms with E-state index in [-0.39, 0.29) is 18.4 Å². The largest absolute Gasteiger partial charge is 0.481 e. The van der Waals surface area contributed by atoms with Crippen molar-refractivity contribution < 1.29 is 14.7 Å². The standard InChI is InChI=1S/C14H17NO3/c16-13-8-4-5-9-15(13)12(10-14(17)18)11-6-2-1-3-7-11/h1-3,6-7,12H,4-5,8-10H2,(H,17,18). The van der Waals surface area contributed by atoms with Crippen LogP contribution in [0.15, 0.2) is 30.3 Å². The van der Waals surface area contributed by atoms with E-state index < -0.39 is 5.97 Å². The van der Waals surface area contributed by atoms with Crippen molar-refractivity contribution >= 4 is 11.9 Å². The van der Waals surface area contributed by atoms with Crippen LogP contribution in [0.1, 0.15) is 37.3 Å². The summed E-state index contributed by atoms with van der Waals surface area (Å²) in [7, 11) is 0. The first kappa shape index (κ1) is 12.6. The number of carboxylic acids is 1. The summed E-state index contributed by atoms with van der Waals surface area (Å²) in [6.07, 6.45) is 2.36. The zero-order valence-electron chi connectivity index (χ0n) is 10.2. The van der Waals surface area contributed by atoms with E-state index in [1.54, 1.807) is 4.90 Å². The number of piperidine rings is 1. The average molecular weight is 247 g/mol. The molecule has 1 unspecified atom stereocenters. The minimum atomic E-state index is -0.873. The number of carbonyl (C=O) groups is 2. The first-order chi connectivity index (χ1) is 8.68. The molecule has 0 radical (unpaired) electrons. The SMILES string of the molecule is O=C(O)CC(c1ccccc1)N1CCCCC1=O. The molecule has 1 saturated heterocycles. The van der Waals surface area contributed by atoms with Gasteiger partial charge in [0.25, 0.3) is 0 Å². The second-order valence-electron chi connectivity index (χ2n) is 4.57. The van der Waals surface area contributed by atoms with E-state index in [1.807, 2.05) is 30.3 Å². The Hall–Kier alpha value is -1.84. The molecule has 2 rings (SSSR count). The van der Waals surface area contributed by atoms with Gasteiger partial charge in [-0.3, -0.25) is 9.59 Å². The monoisotopic (exact) mass is 247 g/mol. The zero-order chi connectivity index (χ0) is 13.0. The number of hydrogen-bond acceptors (Lipinski definition) is 2. The molecule has 96 valence electrons. The highest BCUT2D eigenvalue weighted by Gasteiger charge is 2.28. The summed E-state index contributed by atoms with van der Waals surface area (Å²) in [5.41, 5.74) is 0.898. The summed E-state index contributed by atoms with van der Waals surface area (Å²) in [5.74, 6) is -0.807. The van der Waals surface area contributed by atoms with Crippen molar-refractivity contribution in [2.24, 2.45) is 0 Å². The van der Waals surface area contributed by atoms with E-state index in [0.717, 1.165) is 18.4 Å². The van der Waals surface area contributed by atoms with Gasteiger partial charge >= 0.3 is 5.97 Å². The fourth-order valence-corrected chi connectivity index (χ4v) is 2.40. The molecule has 1 N–H and O–H groups in total. The van der Waals surface area contributed by atoms with Crippen LogP contribution in [0.5, 0.6) is 0 Å². The third kappa shape index (κ3) is 2.88. The molecular weight excluding hydrogens is 230 g/mol. The molecule has 1 aliphatic rings. The quantitative estimate of drug-likeness (QED) is 0.887. The van der Waals surface area contributed by atoms with Crippen LogP contribution in [-0.2, 0) is 9.59 Å². The molecule has 0 aliphatic carbocycles. The van der Waals surface area contributed by atoms with Crippen LogP contribution in [0.2, 0.25) is 0 Å². The first-order valence-corrected chi connectivity index (χ1v) is 6.24. The van der Waals surface area contributed by atoms with E-state index >= 15 is 0 Å². The fourth-order valence-electron chi connectivity index (χ4n) is 2.40. The Bertz CT molecular complexity index is 430. The molecule has 18 heavy (non-hydrogen) atoms. The van der Waals surface area contributed by atoms with Gasteiger partial charge in [-0.1, -0.05) is 30.3 Å². The molecule has 4 nitrogen and oxygen atoms in total. The van der Waals surface area contributed by atoms with Crippen LogP contribution in [0, 0.1) is 0 Å². The molecule has 1 fully saturated rings. The van der Waals surface area contributed by atoms with Crippen molar-refractivity contribution in [2.45, 2.75) is 31.7 Å². The van der Waals surface area contributed by atoms with Crippen LogP contribution in [0.4, 0.5) is 0 Å². The number of benzene rings is 1. The molecule has 1 aromatic rings. The maximum atomic E-state index is 11.9. The van der Waals surface area contributed by atoms with Crippen molar-refractivity contribution in [2.75, 3.05) is 6.54 Å². The van der Waals surface area contributed by atoms with Crippen molar-refractivity contribution in [3.8, 4) is 0 Å². The molecule has 1 aliphatic heterocycles. The van der Waals surface area contributed by atoms with Gasteiger partial charge in [-0.2, -0.15) is 0 Å². The Balaban J connectivity index is 2.24. The van der Waals surface area contributed by atoms with Gasteiger partial charge in [0.1, 0.15) is 0 Å². The molecular formula is C14H17NO3. The lowest BCUT2D eigenvalue weighted by Gasteiger charge is -2.34. The number of likely N-dealkylation sites (tertiary alicyclic amines) is 1. The van der Waals surface area contributed by atoms with E-state index in [4.69, 9.17) is 5.11 Å². The molecule has 0 saturated carbocycles. The zero-order valence-corrected chi connectivity index (χ0v) is 10.2. The van der Waals surface area contributed by atoms with Gasteiger partial charge in [-0.05, 0) is 18.4 Å². The van der Waals surface area contributed by atoms with E-state index in [0.29, 0.717) is 13.0 Å². The maximum Gasteiger partial charge on any atom is 0.305 e. The van der Waals surface area contributed by atoms with Crippen LogP contribution in [0.25, 0.3) is 0 Å². The number of hydrogen-bond donors (Lipinski definition) is 1. The van der Waals surface area contributed by atoms with Gasteiger partial charge in [0, 0.05) is 13.0 Å². The lowest BCUT2D eigenvalue weighted by Crippen LogP contribution is -2.39. The smallest absolute Gasteiger partial charge is 0.305 e. The van der Waals surface area contributed by atoms with Crippen molar-refractivity contribution in [1.29, 1.82) is 0 Å². The third-order valence-electron chi connectivity index (χ3n) is 3.29. The number of carbonyl (C=O) groups excluding carboxylic acids is 1. The summed E-state index contributed by atoms with van der Waals surface area (Å²) < 4.78 is 0. The Morgan fingerprint density at radius 3 is 2.61 bits per heavy atom. The Morgan fingerprint density at radius 1 is 1.28 bits per heavy atom. The lowest BCUT2D eigenvalue weighted by molar-refractivity contribution is -0.142. The van der Waals surface area contributed by atoms with Crippen molar-refractivity contribution in [3.05, 3.63) is 35.9 Å². The molecule has 0 aromatic heterocycles. The van der Waals surface area contributed by atoms with Gasteiger partial charge in [0.15, 0.2) is 0 Å². The van der Waals surface area contributed by atoms with Crippen LogP contribution in [0.3, 0.4) is 0 Å². The predicted molar refractivity (Wildman–Crippen MR) is 67.0 cm³/mol. The van der Waals surface area contributed by atoms with Crippen LogP contribution < -0.4 is 0 Å². The highest BCUT2D eigenvalue weighted by Crippen LogP contribution is 2.28. The number of carboxylic acid groups (broad SMARTS) is 1. The second-order valence-corrected chi connectivity index (χ2v) is 4.57. The molecule has 1 atom stereocenters. The second kappa shape index (κ2) is 5.67. The molecule has 1 amide bonds. The van der Waals surface area contributed by atoms with Crippen molar-refractivity contribution in [3.63, 3.8) is 0 Å². The number of rotatable bonds is 4. The minimum Gasteiger partial charge on any atom is -0.481 e. The van der Waals surface area contributed by atoms with Gasteiger partial charge < -0.3 is 10.0 Å². The van der Waals surface area contributed by atoms with Gasteiger partial charge in [-0.25, -0.2) is 0 Å². The summed E-state index contributed by atoms with van der Waals surface area (Å²) in [6, 6.07) is 9.07. The molecule has 1 aromatic carbocycles. The number of nitrogens with zero attached hydrogens (tertiary/aromatic N) is 1. The molecule has 1 heterocycles. The molecule has 0 spiro atoms. The number of amides is 1. The van der Waals surface area contributed by atoms with E-state index in [9.17, 15) is 9.59 Å². The highest BCUT2D eigenvalue weighted by molar-refractivity contribution is 5.78. The summed E-state index contributed by atoms with van der Waals surface area (Å²) in [5, 5.41) is 9.02. The topological polar surface area (TPSA) is 57.6 Å². The Labute approximate surface area is 106 Å². The van der Waals surface area contributed by atoms with E-state index in [2.05, 4.69) is 0 Å². The Kier molecular flexibility index (Phi) is 3.97. The summed E-state index contributed by atoms with van der Waals surface area (Å²) >= 11 is 0. The first-order valence-electron chi connectivity index (χ1n) is 6.24. The normalized spacial score (nSPS) is 17.6. The average Bonchev–Trinajstić information content (AvgIpc) is 2.38. The van der Waals surface area contributed by atoms with Crippen LogP contribution in [-0.4, -0.2) is 28.4 Å². The molecule has 4 heteroatoms. The van der Waals surface area contributed by atoms with Gasteiger partial charge in [0.05, 0.1) is 12.5 Å². The summed E-state index contributed by atoms with van der Waals surface area (Å²) in [6.45, 7) is 0.658. The molecule has 0 bridgehead atoms. The summed E-state index contributed by atoms with van der Waals surface area (Å²) in [4.78, 5) is 24.6. The van der Waals surface area contributed by atoms with Crippen molar-refractivity contribution in [1.82, 2.24) is 4.90 Å². The predicted octanol–water partition coefficient (Wildman–Crippen LogP) is 2.21. The third-order valence-corrected chi connectivity index (χ3v) is 3.29. The highest BCUT2D eigenvalue weighted by atomic mass is 16.4. The van der Waals surface area contributed by atoms with Gasteiger partial charge in [-0.15, -0.1) is 0 Å². The minimum absolute atomic E-state index is 0.0320.